The first-order valence-corrected chi connectivity index (χ1v) is 18.2. The van der Waals surface area contributed by atoms with E-state index in [1.54, 1.807) is 0 Å². The van der Waals surface area contributed by atoms with E-state index in [2.05, 4.69) is 58.9 Å². The van der Waals surface area contributed by atoms with Gasteiger partial charge in [-0.05, 0) is 58.9 Å². The zero-order valence-corrected chi connectivity index (χ0v) is 18.6. The highest BCUT2D eigenvalue weighted by molar-refractivity contribution is 6.70. The van der Waals surface area contributed by atoms with Crippen molar-refractivity contribution in [3.05, 3.63) is 0 Å². The molecule has 0 bridgehead atoms. The van der Waals surface area contributed by atoms with Gasteiger partial charge < -0.3 is 23.1 Å². The van der Waals surface area contributed by atoms with Gasteiger partial charge in [-0.3, -0.25) is 0 Å². The minimum atomic E-state index is -1.84. The van der Waals surface area contributed by atoms with E-state index in [4.69, 9.17) is 18.0 Å². The van der Waals surface area contributed by atoms with Crippen LogP contribution in [-0.4, -0.2) is 61.3 Å². The predicted octanol–water partition coefficient (Wildman–Crippen LogP) is 3.00. The third kappa shape index (κ3) is 7.35. The van der Waals surface area contributed by atoms with Crippen LogP contribution in [0.4, 0.5) is 0 Å². The second-order valence-corrected chi connectivity index (χ2v) is 22.3. The fraction of sp³-hybridized carbons (Fsp3) is 1.00. The average Bonchev–Trinajstić information content (AvgIpc) is 2.22. The van der Waals surface area contributed by atoms with Crippen molar-refractivity contribution in [3.63, 3.8) is 0 Å². The van der Waals surface area contributed by atoms with Gasteiger partial charge in [-0.15, -0.1) is 0 Å². The van der Waals surface area contributed by atoms with Crippen LogP contribution in [0.5, 0.6) is 0 Å². The summed E-state index contributed by atoms with van der Waals surface area (Å²) in [6.07, 6.45) is -1.87. The van der Waals surface area contributed by atoms with Gasteiger partial charge in [0.15, 0.2) is 31.2 Å². The molecule has 1 N–H and O–H groups in total. The molecule has 0 spiro atoms. The molecule has 132 valence electrons. The summed E-state index contributed by atoms with van der Waals surface area (Å²) in [6.45, 7) is 19.6. The second-order valence-electron chi connectivity index (χ2n) is 8.88. The number of ether oxygens (including phenoxy) is 1. The van der Waals surface area contributed by atoms with Gasteiger partial charge in [0.05, 0.1) is 12.7 Å². The molecule has 0 radical (unpaired) electrons. The van der Waals surface area contributed by atoms with Gasteiger partial charge in [0, 0.05) is 0 Å². The molecule has 5 nitrogen and oxygen atoms in total. The molecule has 8 heteroatoms. The average molecular weight is 367 g/mol. The van der Waals surface area contributed by atoms with Crippen LogP contribution < -0.4 is 0 Å². The smallest absolute Gasteiger partial charge is 0.184 e. The van der Waals surface area contributed by atoms with E-state index < -0.39 is 37.3 Å². The number of hydrogen-bond donors (Lipinski definition) is 1. The zero-order chi connectivity index (χ0) is 17.3. The Labute approximate surface area is 138 Å². The predicted molar refractivity (Wildman–Crippen MR) is 96.6 cm³/mol. The lowest BCUT2D eigenvalue weighted by atomic mass is 10.1. The lowest BCUT2D eigenvalue weighted by Gasteiger charge is -2.46. The fourth-order valence-corrected chi connectivity index (χ4v) is 5.68. The monoisotopic (exact) mass is 366 g/mol. The first kappa shape index (κ1) is 20.5. The Balaban J connectivity index is 3.01. The maximum atomic E-state index is 10.3. The zero-order valence-electron chi connectivity index (χ0n) is 15.6. The van der Waals surface area contributed by atoms with E-state index in [0.717, 1.165) is 0 Å². The molecular weight excluding hydrogens is 332 g/mol. The van der Waals surface area contributed by atoms with Gasteiger partial charge in [-0.2, -0.15) is 0 Å². The summed E-state index contributed by atoms with van der Waals surface area (Å²) in [5, 5.41) is 10.3. The van der Waals surface area contributed by atoms with Crippen LogP contribution in [0.15, 0.2) is 0 Å². The third-order valence-corrected chi connectivity index (χ3v) is 5.86. The first-order chi connectivity index (χ1) is 9.68. The molecule has 1 aliphatic rings. The summed E-state index contributed by atoms with van der Waals surface area (Å²) < 4.78 is 24.3. The molecule has 0 amide bonds. The molecule has 4 atom stereocenters. The normalized spacial score (nSPS) is 31.4. The number of hydrogen-bond acceptors (Lipinski definition) is 5. The topological polar surface area (TPSA) is 57.2 Å². The van der Waals surface area contributed by atoms with E-state index >= 15 is 0 Å². The lowest BCUT2D eigenvalue weighted by molar-refractivity contribution is -0.240. The Morgan fingerprint density at radius 1 is 0.727 bits per heavy atom. The molecule has 1 aliphatic heterocycles. The van der Waals surface area contributed by atoms with Crippen molar-refractivity contribution in [3.8, 4) is 0 Å². The van der Waals surface area contributed by atoms with Crippen molar-refractivity contribution in [2.75, 3.05) is 6.61 Å². The third-order valence-electron chi connectivity index (χ3n) is 2.89. The van der Waals surface area contributed by atoms with Crippen LogP contribution in [0.25, 0.3) is 0 Å². The highest BCUT2D eigenvalue weighted by atomic mass is 28.4. The van der Waals surface area contributed by atoms with Crippen molar-refractivity contribution >= 4 is 25.0 Å². The fourth-order valence-electron chi connectivity index (χ4n) is 2.40. The SMILES string of the molecule is C[Si](C)(C)O[C@@H]1[C@@H](O[Si](C)(C)C)[C@@H](O)OC[C@@H]1O[Si](C)(C)C. The Hall–Kier alpha value is 0.451. The van der Waals surface area contributed by atoms with Crippen molar-refractivity contribution in [1.82, 2.24) is 0 Å². The van der Waals surface area contributed by atoms with Gasteiger partial charge in [-0.25, -0.2) is 0 Å². The highest BCUT2D eigenvalue weighted by Gasteiger charge is 2.46. The molecular formula is C14H34O5Si3. The molecule has 0 aromatic rings. The summed E-state index contributed by atoms with van der Waals surface area (Å²) in [6, 6.07) is 0. The standard InChI is InChI=1S/C14H34O5Si3/c1-20(2,3)17-11-10-16-14(15)13(19-22(7,8)9)12(11)18-21(4,5)6/h11-15H,10H2,1-9H3/t11-,12-,13+,14-/m0/s1. The van der Waals surface area contributed by atoms with Crippen LogP contribution in [0.3, 0.4) is 0 Å². The Morgan fingerprint density at radius 2 is 1.14 bits per heavy atom. The van der Waals surface area contributed by atoms with E-state index in [-0.39, 0.29) is 12.2 Å². The first-order valence-electron chi connectivity index (χ1n) is 8.01. The largest absolute Gasteiger partial charge is 0.410 e. The molecule has 0 saturated carbocycles. The summed E-state index contributed by atoms with van der Waals surface area (Å²) in [5.41, 5.74) is 0. The van der Waals surface area contributed by atoms with Crippen LogP contribution in [0.1, 0.15) is 0 Å². The summed E-state index contributed by atoms with van der Waals surface area (Å²) in [4.78, 5) is 0. The molecule has 0 unspecified atom stereocenters. The second kappa shape index (κ2) is 7.14. The van der Waals surface area contributed by atoms with E-state index in [1.165, 1.54) is 0 Å². The molecule has 1 rings (SSSR count). The van der Waals surface area contributed by atoms with Gasteiger partial charge in [0.2, 0.25) is 0 Å². The lowest BCUT2D eigenvalue weighted by Crippen LogP contribution is -2.61. The molecule has 0 aliphatic carbocycles. The Kier molecular flexibility index (Phi) is 6.65. The van der Waals surface area contributed by atoms with Crippen molar-refractivity contribution < 1.29 is 23.1 Å². The molecule has 0 aromatic heterocycles. The summed E-state index contributed by atoms with van der Waals surface area (Å²) in [7, 11) is -5.39. The van der Waals surface area contributed by atoms with Crippen LogP contribution in [0.2, 0.25) is 58.9 Å². The molecule has 0 aromatic carbocycles. The van der Waals surface area contributed by atoms with Crippen LogP contribution in [0, 0.1) is 0 Å². The van der Waals surface area contributed by atoms with Crippen LogP contribution in [-0.2, 0) is 18.0 Å². The minimum Gasteiger partial charge on any atom is -0.410 e. The Bertz CT molecular complexity index is 359. The van der Waals surface area contributed by atoms with E-state index in [0.29, 0.717) is 6.61 Å². The molecule has 1 saturated heterocycles. The molecule has 22 heavy (non-hydrogen) atoms. The number of aliphatic hydroxyl groups is 1. The summed E-state index contributed by atoms with van der Waals surface area (Å²) >= 11 is 0. The molecule has 1 fully saturated rings. The van der Waals surface area contributed by atoms with Gasteiger partial charge >= 0.3 is 0 Å². The van der Waals surface area contributed by atoms with Crippen molar-refractivity contribution in [2.45, 2.75) is 83.5 Å². The van der Waals surface area contributed by atoms with Gasteiger partial charge in [0.25, 0.3) is 0 Å². The summed E-state index contributed by atoms with van der Waals surface area (Å²) in [5.74, 6) is 0. The number of aliphatic hydroxyl groups excluding tert-OH is 1. The minimum absolute atomic E-state index is 0.178. The maximum Gasteiger partial charge on any atom is 0.184 e. The van der Waals surface area contributed by atoms with Gasteiger partial charge in [-0.1, -0.05) is 0 Å². The quantitative estimate of drug-likeness (QED) is 0.732. The number of rotatable bonds is 6. The van der Waals surface area contributed by atoms with Crippen LogP contribution >= 0.6 is 0 Å². The van der Waals surface area contributed by atoms with E-state index in [9.17, 15) is 5.11 Å². The van der Waals surface area contributed by atoms with Crippen molar-refractivity contribution in [1.29, 1.82) is 0 Å². The van der Waals surface area contributed by atoms with E-state index in [1.807, 2.05) is 0 Å². The Morgan fingerprint density at radius 3 is 1.55 bits per heavy atom. The maximum absolute atomic E-state index is 10.3. The van der Waals surface area contributed by atoms with Crippen molar-refractivity contribution in [2.24, 2.45) is 0 Å². The molecule has 1 heterocycles. The van der Waals surface area contributed by atoms with Gasteiger partial charge in [0.1, 0.15) is 12.2 Å². The highest BCUT2D eigenvalue weighted by Crippen LogP contribution is 2.29.